The zero-order valence-corrected chi connectivity index (χ0v) is 8.53. The summed E-state index contributed by atoms with van der Waals surface area (Å²) < 4.78 is 0. The molecule has 0 saturated heterocycles. The van der Waals surface area contributed by atoms with E-state index in [-0.39, 0.29) is 18.0 Å². The van der Waals surface area contributed by atoms with E-state index in [1.165, 1.54) is 6.92 Å². The van der Waals surface area contributed by atoms with Gasteiger partial charge < -0.3 is 11.1 Å². The summed E-state index contributed by atoms with van der Waals surface area (Å²) in [5, 5.41) is 2.83. The quantitative estimate of drug-likeness (QED) is 0.756. The number of nitrogens with one attached hydrogen (secondary N) is 1. The van der Waals surface area contributed by atoms with Gasteiger partial charge in [0.2, 0.25) is 5.91 Å². The van der Waals surface area contributed by atoms with E-state index in [4.69, 9.17) is 5.73 Å². The van der Waals surface area contributed by atoms with Gasteiger partial charge in [-0.1, -0.05) is 30.3 Å². The Bertz CT molecular complexity index is 295. The molecule has 0 aliphatic rings. The van der Waals surface area contributed by atoms with Crippen LogP contribution in [0, 0.1) is 0 Å². The van der Waals surface area contributed by atoms with E-state index < -0.39 is 0 Å². The Balaban J connectivity index is 2.83. The van der Waals surface area contributed by atoms with Crippen molar-refractivity contribution in [2.45, 2.75) is 25.9 Å². The topological polar surface area (TPSA) is 55.1 Å². The van der Waals surface area contributed by atoms with Crippen molar-refractivity contribution in [3.05, 3.63) is 35.9 Å². The maximum atomic E-state index is 11.0. The molecule has 0 fully saturated rings. The van der Waals surface area contributed by atoms with E-state index in [1.807, 2.05) is 37.3 Å². The van der Waals surface area contributed by atoms with E-state index in [0.717, 1.165) is 5.56 Å². The van der Waals surface area contributed by atoms with Crippen LogP contribution < -0.4 is 11.1 Å². The minimum Gasteiger partial charge on any atom is -0.348 e. The van der Waals surface area contributed by atoms with Crippen LogP contribution in [-0.4, -0.2) is 11.9 Å². The zero-order valence-electron chi connectivity index (χ0n) is 8.53. The third kappa shape index (κ3) is 2.85. The third-order valence-corrected chi connectivity index (χ3v) is 2.04. The molecule has 3 nitrogen and oxygen atoms in total. The van der Waals surface area contributed by atoms with Crippen molar-refractivity contribution in [2.75, 3.05) is 0 Å². The van der Waals surface area contributed by atoms with Crippen LogP contribution in [0.1, 0.15) is 25.5 Å². The minimum atomic E-state index is -0.103. The Morgan fingerprint density at radius 1 is 1.36 bits per heavy atom. The number of rotatable bonds is 3. The molecule has 0 heterocycles. The largest absolute Gasteiger partial charge is 0.348 e. The van der Waals surface area contributed by atoms with E-state index >= 15 is 0 Å². The molecule has 2 atom stereocenters. The zero-order chi connectivity index (χ0) is 10.6. The predicted molar refractivity (Wildman–Crippen MR) is 56.6 cm³/mol. The summed E-state index contributed by atoms with van der Waals surface area (Å²) in [7, 11) is 0. The van der Waals surface area contributed by atoms with Crippen molar-refractivity contribution in [3.63, 3.8) is 0 Å². The Morgan fingerprint density at radius 2 is 1.93 bits per heavy atom. The molecule has 14 heavy (non-hydrogen) atoms. The first-order valence-corrected chi connectivity index (χ1v) is 4.69. The molecule has 3 N–H and O–H groups in total. The number of amides is 1. The van der Waals surface area contributed by atoms with Crippen molar-refractivity contribution >= 4 is 5.91 Å². The van der Waals surface area contributed by atoms with Crippen LogP contribution in [0.2, 0.25) is 0 Å². The lowest BCUT2D eigenvalue weighted by atomic mass is 10.0. The Morgan fingerprint density at radius 3 is 2.36 bits per heavy atom. The number of hydrogen-bond acceptors (Lipinski definition) is 2. The lowest BCUT2D eigenvalue weighted by molar-refractivity contribution is -0.119. The van der Waals surface area contributed by atoms with E-state index in [1.54, 1.807) is 0 Å². The average Bonchev–Trinajstić information content (AvgIpc) is 2.15. The fraction of sp³-hybridized carbons (Fsp3) is 0.364. The highest BCUT2D eigenvalue weighted by Gasteiger charge is 2.16. The Hall–Kier alpha value is -1.35. The molecular weight excluding hydrogens is 176 g/mol. The molecular formula is C11H16N2O. The summed E-state index contributed by atoms with van der Waals surface area (Å²) in [6.45, 7) is 3.38. The number of hydrogen-bond donors (Lipinski definition) is 2. The van der Waals surface area contributed by atoms with Crippen molar-refractivity contribution in [3.8, 4) is 0 Å². The van der Waals surface area contributed by atoms with Gasteiger partial charge in [-0.05, 0) is 12.5 Å². The molecule has 0 aliphatic heterocycles. The van der Waals surface area contributed by atoms with Crippen LogP contribution in [0.3, 0.4) is 0 Å². The summed E-state index contributed by atoms with van der Waals surface area (Å²) in [6, 6.07) is 9.54. The maximum Gasteiger partial charge on any atom is 0.217 e. The molecule has 0 bridgehead atoms. The standard InChI is InChI=1S/C11H16N2O/c1-8(12)11(13-9(2)14)10-6-4-3-5-7-10/h3-8,11H,12H2,1-2H3,(H,13,14)/t8-,11-/m0/s1. The average molecular weight is 192 g/mol. The first-order chi connectivity index (χ1) is 6.61. The molecule has 3 heteroatoms. The highest BCUT2D eigenvalue weighted by molar-refractivity contribution is 5.73. The number of benzene rings is 1. The van der Waals surface area contributed by atoms with Gasteiger partial charge >= 0.3 is 0 Å². The predicted octanol–water partition coefficient (Wildman–Crippen LogP) is 1.21. The normalized spacial score (nSPS) is 14.5. The molecule has 1 rings (SSSR count). The van der Waals surface area contributed by atoms with Gasteiger partial charge in [0.15, 0.2) is 0 Å². The highest BCUT2D eigenvalue weighted by Crippen LogP contribution is 2.14. The number of nitrogens with two attached hydrogens (primary N) is 1. The Labute approximate surface area is 84.3 Å². The van der Waals surface area contributed by atoms with Crippen LogP contribution in [0.25, 0.3) is 0 Å². The monoisotopic (exact) mass is 192 g/mol. The van der Waals surface area contributed by atoms with Gasteiger partial charge in [-0.3, -0.25) is 4.79 Å². The fourth-order valence-corrected chi connectivity index (χ4v) is 1.40. The van der Waals surface area contributed by atoms with Gasteiger partial charge in [0.1, 0.15) is 0 Å². The molecule has 0 saturated carbocycles. The molecule has 0 spiro atoms. The van der Waals surface area contributed by atoms with Gasteiger partial charge in [-0.25, -0.2) is 0 Å². The van der Waals surface area contributed by atoms with Crippen LogP contribution in [-0.2, 0) is 4.79 Å². The molecule has 1 aromatic carbocycles. The van der Waals surface area contributed by atoms with Crippen molar-refractivity contribution in [2.24, 2.45) is 5.73 Å². The van der Waals surface area contributed by atoms with Crippen LogP contribution in [0.15, 0.2) is 30.3 Å². The molecule has 1 amide bonds. The molecule has 76 valence electrons. The highest BCUT2D eigenvalue weighted by atomic mass is 16.1. The summed E-state index contributed by atoms with van der Waals surface area (Å²) in [6.07, 6.45) is 0. The number of carbonyl (C=O) groups is 1. The summed E-state index contributed by atoms with van der Waals surface area (Å²) in [5.74, 6) is -0.0591. The van der Waals surface area contributed by atoms with Crippen molar-refractivity contribution in [1.82, 2.24) is 5.32 Å². The molecule has 0 unspecified atom stereocenters. The Kier molecular flexibility index (Phi) is 3.65. The van der Waals surface area contributed by atoms with Crippen LogP contribution in [0.5, 0.6) is 0 Å². The van der Waals surface area contributed by atoms with Gasteiger partial charge in [0.05, 0.1) is 6.04 Å². The smallest absolute Gasteiger partial charge is 0.217 e. The SMILES string of the molecule is CC(=O)N[C@H](c1ccccc1)[C@H](C)N. The minimum absolute atomic E-state index is 0.0591. The third-order valence-electron chi connectivity index (χ3n) is 2.04. The van der Waals surface area contributed by atoms with E-state index in [9.17, 15) is 4.79 Å². The first-order valence-electron chi connectivity index (χ1n) is 4.69. The van der Waals surface area contributed by atoms with Crippen LogP contribution >= 0.6 is 0 Å². The first kappa shape index (κ1) is 10.7. The lowest BCUT2D eigenvalue weighted by Crippen LogP contribution is -2.38. The van der Waals surface area contributed by atoms with Gasteiger partial charge in [-0.15, -0.1) is 0 Å². The maximum absolute atomic E-state index is 11.0. The summed E-state index contributed by atoms with van der Waals surface area (Å²) in [4.78, 5) is 11.0. The summed E-state index contributed by atoms with van der Waals surface area (Å²) in [5.41, 5.74) is 6.84. The number of carbonyl (C=O) groups excluding carboxylic acids is 1. The van der Waals surface area contributed by atoms with Gasteiger partial charge in [-0.2, -0.15) is 0 Å². The molecule has 0 radical (unpaired) electrons. The second-order valence-corrected chi connectivity index (χ2v) is 3.45. The second kappa shape index (κ2) is 4.77. The van der Waals surface area contributed by atoms with Gasteiger partial charge in [0.25, 0.3) is 0 Å². The van der Waals surface area contributed by atoms with Crippen molar-refractivity contribution < 1.29 is 4.79 Å². The van der Waals surface area contributed by atoms with Crippen molar-refractivity contribution in [1.29, 1.82) is 0 Å². The second-order valence-electron chi connectivity index (χ2n) is 3.45. The summed E-state index contributed by atoms with van der Waals surface area (Å²) >= 11 is 0. The fourth-order valence-electron chi connectivity index (χ4n) is 1.40. The lowest BCUT2D eigenvalue weighted by Gasteiger charge is -2.21. The van der Waals surface area contributed by atoms with E-state index in [0.29, 0.717) is 0 Å². The van der Waals surface area contributed by atoms with Crippen LogP contribution in [0.4, 0.5) is 0 Å². The molecule has 0 aliphatic carbocycles. The van der Waals surface area contributed by atoms with Gasteiger partial charge in [0, 0.05) is 13.0 Å². The molecule has 0 aromatic heterocycles. The van der Waals surface area contributed by atoms with E-state index in [2.05, 4.69) is 5.32 Å². The molecule has 1 aromatic rings.